The van der Waals surface area contributed by atoms with E-state index in [1.54, 1.807) is 0 Å². The van der Waals surface area contributed by atoms with E-state index >= 15 is 0 Å². The highest BCUT2D eigenvalue weighted by molar-refractivity contribution is 5.75. The molecule has 0 amide bonds. The van der Waals surface area contributed by atoms with Gasteiger partial charge in [-0.2, -0.15) is 13.2 Å². The molecule has 1 saturated carbocycles. The van der Waals surface area contributed by atoms with Gasteiger partial charge in [-0.05, 0) is 38.5 Å². The second kappa shape index (κ2) is 4.12. The monoisotopic (exact) mass is 224 g/mol. The van der Waals surface area contributed by atoms with Crippen LogP contribution in [0.2, 0.25) is 0 Å². The fourth-order valence-electron chi connectivity index (χ4n) is 2.05. The first-order valence-electron chi connectivity index (χ1n) is 5.03. The van der Waals surface area contributed by atoms with Gasteiger partial charge >= 0.3 is 6.18 Å². The Balaban J connectivity index is 2.52. The average molecular weight is 224 g/mol. The zero-order chi connectivity index (χ0) is 11.7. The molecule has 0 atom stereocenters. The molecule has 0 aliphatic heterocycles. The molecule has 0 aromatic heterocycles. The first-order valence-corrected chi connectivity index (χ1v) is 5.03. The Morgan fingerprint density at radius 2 is 1.87 bits per heavy atom. The summed E-state index contributed by atoms with van der Waals surface area (Å²) >= 11 is 0. The van der Waals surface area contributed by atoms with Crippen LogP contribution in [-0.2, 0) is 4.79 Å². The van der Waals surface area contributed by atoms with Crippen molar-refractivity contribution in [1.82, 2.24) is 0 Å². The van der Waals surface area contributed by atoms with Crippen molar-refractivity contribution in [3.63, 3.8) is 0 Å². The maximum atomic E-state index is 12.4. The average Bonchev–Trinajstić information content (AvgIpc) is 2.06. The summed E-state index contributed by atoms with van der Waals surface area (Å²) in [6, 6.07) is 0. The first kappa shape index (κ1) is 12.5. The smallest absolute Gasteiger partial charge is 0.380 e. The third-order valence-corrected chi connectivity index (χ3v) is 3.04. The Kier molecular flexibility index (Phi) is 3.43. The minimum atomic E-state index is -4.55. The minimum Gasteiger partial charge on any atom is -0.380 e. The molecule has 0 heterocycles. The lowest BCUT2D eigenvalue weighted by Crippen LogP contribution is -2.47. The number of aliphatic hydroxyl groups is 1. The predicted molar refractivity (Wildman–Crippen MR) is 48.3 cm³/mol. The van der Waals surface area contributed by atoms with Gasteiger partial charge in [-0.25, -0.2) is 0 Å². The Hall–Kier alpha value is -0.580. The van der Waals surface area contributed by atoms with E-state index in [2.05, 4.69) is 0 Å². The molecule has 0 saturated heterocycles. The lowest BCUT2D eigenvalue weighted by Gasteiger charge is -2.37. The highest BCUT2D eigenvalue weighted by Gasteiger charge is 2.54. The van der Waals surface area contributed by atoms with E-state index in [1.807, 2.05) is 0 Å². The molecule has 88 valence electrons. The number of carbonyl (C=O) groups excluding carboxylic acids is 1. The van der Waals surface area contributed by atoms with Gasteiger partial charge in [0.2, 0.25) is 0 Å². The van der Waals surface area contributed by atoms with Crippen molar-refractivity contribution in [3.8, 4) is 0 Å². The number of Topliss-reactive ketones (excluding diaryl/α,β-unsaturated/α-hetero) is 1. The van der Waals surface area contributed by atoms with Crippen molar-refractivity contribution >= 4 is 5.78 Å². The number of hydrogen-bond donors (Lipinski definition) is 1. The summed E-state index contributed by atoms with van der Waals surface area (Å²) < 4.78 is 37.2. The number of carbonyl (C=O) groups is 1. The summed E-state index contributed by atoms with van der Waals surface area (Å²) in [5, 5.41) is 9.35. The molecule has 0 radical (unpaired) electrons. The molecule has 0 aromatic rings. The SMILES string of the molecule is CC(=O)CC1CCC(O)(C(F)(F)F)CC1. The summed E-state index contributed by atoms with van der Waals surface area (Å²) in [4.78, 5) is 10.8. The molecule has 1 rings (SSSR count). The van der Waals surface area contributed by atoms with Gasteiger partial charge in [0.25, 0.3) is 0 Å². The van der Waals surface area contributed by atoms with Gasteiger partial charge in [-0.1, -0.05) is 0 Å². The molecule has 0 aromatic carbocycles. The van der Waals surface area contributed by atoms with Crippen molar-refractivity contribution in [1.29, 1.82) is 0 Å². The molecule has 5 heteroatoms. The van der Waals surface area contributed by atoms with Crippen molar-refractivity contribution in [2.75, 3.05) is 0 Å². The molecular formula is C10H15F3O2. The summed E-state index contributed by atoms with van der Waals surface area (Å²) in [6.45, 7) is 1.44. The maximum absolute atomic E-state index is 12.4. The standard InChI is InChI=1S/C10H15F3O2/c1-7(14)6-8-2-4-9(15,5-3-8)10(11,12)13/h8,15H,2-6H2,1H3. The van der Waals surface area contributed by atoms with Gasteiger partial charge in [0.05, 0.1) is 0 Å². The lowest BCUT2D eigenvalue weighted by atomic mass is 9.77. The fourth-order valence-corrected chi connectivity index (χ4v) is 2.05. The third-order valence-electron chi connectivity index (χ3n) is 3.04. The Morgan fingerprint density at radius 3 is 2.20 bits per heavy atom. The van der Waals surface area contributed by atoms with E-state index in [0.717, 1.165) is 0 Å². The van der Waals surface area contributed by atoms with Crippen molar-refractivity contribution in [2.24, 2.45) is 5.92 Å². The van der Waals surface area contributed by atoms with Crippen LogP contribution >= 0.6 is 0 Å². The Bertz CT molecular complexity index is 240. The molecule has 1 N–H and O–H groups in total. The van der Waals surface area contributed by atoms with E-state index in [0.29, 0.717) is 6.42 Å². The molecular weight excluding hydrogens is 209 g/mol. The van der Waals surface area contributed by atoms with E-state index in [-0.39, 0.29) is 37.4 Å². The van der Waals surface area contributed by atoms with Crippen LogP contribution in [0.4, 0.5) is 13.2 Å². The largest absolute Gasteiger partial charge is 0.417 e. The van der Waals surface area contributed by atoms with Crippen LogP contribution in [0.3, 0.4) is 0 Å². The zero-order valence-corrected chi connectivity index (χ0v) is 8.60. The Morgan fingerprint density at radius 1 is 1.40 bits per heavy atom. The molecule has 1 aliphatic rings. The minimum absolute atomic E-state index is 0.00236. The fraction of sp³-hybridized carbons (Fsp3) is 0.900. The van der Waals surface area contributed by atoms with Gasteiger partial charge < -0.3 is 9.90 Å². The van der Waals surface area contributed by atoms with Crippen LogP contribution in [0.15, 0.2) is 0 Å². The molecule has 0 bridgehead atoms. The van der Waals surface area contributed by atoms with Crippen LogP contribution < -0.4 is 0 Å². The molecule has 15 heavy (non-hydrogen) atoms. The summed E-state index contributed by atoms with van der Waals surface area (Å²) in [5.74, 6) is 0.00238. The van der Waals surface area contributed by atoms with E-state index in [9.17, 15) is 23.1 Å². The van der Waals surface area contributed by atoms with Crippen molar-refractivity contribution in [3.05, 3.63) is 0 Å². The van der Waals surface area contributed by atoms with Gasteiger partial charge in [-0.3, -0.25) is 0 Å². The van der Waals surface area contributed by atoms with E-state index in [1.165, 1.54) is 6.92 Å². The van der Waals surface area contributed by atoms with Gasteiger partial charge in [0.1, 0.15) is 5.78 Å². The van der Waals surface area contributed by atoms with Crippen LogP contribution in [0.5, 0.6) is 0 Å². The highest BCUT2D eigenvalue weighted by Crippen LogP contribution is 2.43. The number of rotatable bonds is 2. The van der Waals surface area contributed by atoms with Crippen LogP contribution in [0.25, 0.3) is 0 Å². The van der Waals surface area contributed by atoms with Gasteiger partial charge in [-0.15, -0.1) is 0 Å². The summed E-state index contributed by atoms with van der Waals surface area (Å²) in [5.41, 5.74) is -2.53. The first-order chi connectivity index (χ1) is 6.74. The van der Waals surface area contributed by atoms with Crippen LogP contribution in [-0.4, -0.2) is 22.7 Å². The normalized spacial score (nSPS) is 32.7. The lowest BCUT2D eigenvalue weighted by molar-refractivity contribution is -0.271. The van der Waals surface area contributed by atoms with E-state index < -0.39 is 11.8 Å². The molecule has 0 unspecified atom stereocenters. The quantitative estimate of drug-likeness (QED) is 0.782. The second-order valence-corrected chi connectivity index (χ2v) is 4.38. The third kappa shape index (κ3) is 2.93. The second-order valence-electron chi connectivity index (χ2n) is 4.38. The highest BCUT2D eigenvalue weighted by atomic mass is 19.4. The predicted octanol–water partition coefficient (Wildman–Crippen LogP) is 2.45. The zero-order valence-electron chi connectivity index (χ0n) is 8.60. The van der Waals surface area contributed by atoms with Crippen LogP contribution in [0, 0.1) is 5.92 Å². The summed E-state index contributed by atoms with van der Waals surface area (Å²) in [6.07, 6.45) is -4.24. The van der Waals surface area contributed by atoms with Gasteiger partial charge in [0.15, 0.2) is 5.60 Å². The summed E-state index contributed by atoms with van der Waals surface area (Å²) in [7, 11) is 0. The van der Waals surface area contributed by atoms with Crippen LogP contribution in [0.1, 0.15) is 39.0 Å². The van der Waals surface area contributed by atoms with Crippen molar-refractivity contribution in [2.45, 2.75) is 50.8 Å². The Labute approximate surface area is 86.5 Å². The maximum Gasteiger partial charge on any atom is 0.417 e. The van der Waals surface area contributed by atoms with E-state index in [4.69, 9.17) is 0 Å². The van der Waals surface area contributed by atoms with Crippen molar-refractivity contribution < 1.29 is 23.1 Å². The molecule has 1 aliphatic carbocycles. The molecule has 1 fully saturated rings. The number of ketones is 1. The number of halogens is 3. The number of hydrogen-bond acceptors (Lipinski definition) is 2. The number of alkyl halides is 3. The molecule has 0 spiro atoms. The van der Waals surface area contributed by atoms with Gasteiger partial charge in [0, 0.05) is 6.42 Å². The topological polar surface area (TPSA) is 37.3 Å². The molecule has 2 nitrogen and oxygen atoms in total.